The molecule has 1 rings (SSSR count). The molecule has 1 unspecified atom stereocenters. The molecule has 0 bridgehead atoms. The van der Waals surface area contributed by atoms with Crippen molar-refractivity contribution in [3.8, 4) is 5.75 Å². The van der Waals surface area contributed by atoms with Crippen LogP contribution in [0.15, 0.2) is 24.3 Å². The maximum absolute atomic E-state index is 11.9. The number of nitrogens with one attached hydrogen (secondary N) is 1. The van der Waals surface area contributed by atoms with Crippen molar-refractivity contribution >= 4 is 11.9 Å². The van der Waals surface area contributed by atoms with Crippen LogP contribution < -0.4 is 10.1 Å². The molecule has 0 fully saturated rings. The Hall–Kier alpha value is -2.04. The molecule has 0 saturated carbocycles. The van der Waals surface area contributed by atoms with Gasteiger partial charge in [0.15, 0.2) is 6.61 Å². The Labute approximate surface area is 131 Å². The summed E-state index contributed by atoms with van der Waals surface area (Å²) in [7, 11) is 0. The van der Waals surface area contributed by atoms with Crippen LogP contribution in [0.2, 0.25) is 0 Å². The Morgan fingerprint density at radius 2 is 1.82 bits per heavy atom. The second-order valence-corrected chi connectivity index (χ2v) is 6.07. The predicted octanol–water partition coefficient (Wildman–Crippen LogP) is 2.80. The molecule has 1 aromatic rings. The minimum absolute atomic E-state index is 0.184. The fraction of sp³-hybridized carbons (Fsp3) is 0.529. The number of benzene rings is 1. The van der Waals surface area contributed by atoms with Crippen molar-refractivity contribution in [3.05, 3.63) is 29.8 Å². The van der Waals surface area contributed by atoms with Gasteiger partial charge in [0.2, 0.25) is 0 Å². The van der Waals surface area contributed by atoms with E-state index in [4.69, 9.17) is 9.84 Å². The van der Waals surface area contributed by atoms with E-state index < -0.39 is 17.9 Å². The molecule has 122 valence electrons. The number of carbonyl (C=O) groups excluding carboxylic acids is 1. The van der Waals surface area contributed by atoms with Crippen LogP contribution in [0, 0.1) is 5.92 Å². The van der Waals surface area contributed by atoms with Gasteiger partial charge in [0.05, 0.1) is 0 Å². The molecule has 0 aliphatic carbocycles. The van der Waals surface area contributed by atoms with Crippen molar-refractivity contribution in [1.29, 1.82) is 0 Å². The summed E-state index contributed by atoms with van der Waals surface area (Å²) in [6.45, 7) is 7.73. The van der Waals surface area contributed by atoms with Gasteiger partial charge in [-0.25, -0.2) is 4.79 Å². The summed E-state index contributed by atoms with van der Waals surface area (Å²) in [5, 5.41) is 11.6. The average molecular weight is 307 g/mol. The van der Waals surface area contributed by atoms with E-state index in [1.165, 1.54) is 0 Å². The smallest absolute Gasteiger partial charge is 0.326 e. The number of amides is 1. The first-order valence-corrected chi connectivity index (χ1v) is 7.55. The van der Waals surface area contributed by atoms with Crippen LogP contribution in [-0.4, -0.2) is 29.6 Å². The molecule has 1 amide bonds. The molecule has 0 heterocycles. The lowest BCUT2D eigenvalue weighted by molar-refractivity contribution is -0.142. The summed E-state index contributed by atoms with van der Waals surface area (Å²) in [4.78, 5) is 23.0. The lowest BCUT2D eigenvalue weighted by Crippen LogP contribution is -2.43. The molecule has 0 saturated heterocycles. The Morgan fingerprint density at radius 1 is 1.18 bits per heavy atom. The molecule has 0 aromatic heterocycles. The normalized spacial score (nSPS) is 12.3. The third-order valence-electron chi connectivity index (χ3n) is 3.24. The molecule has 5 heteroatoms. The van der Waals surface area contributed by atoms with Crippen LogP contribution in [0.1, 0.15) is 45.6 Å². The van der Waals surface area contributed by atoms with Gasteiger partial charge in [-0.15, -0.1) is 0 Å². The van der Waals surface area contributed by atoms with Gasteiger partial charge in [-0.2, -0.15) is 0 Å². The van der Waals surface area contributed by atoms with E-state index in [1.54, 1.807) is 0 Å². The molecule has 0 radical (unpaired) electrons. The lowest BCUT2D eigenvalue weighted by Gasteiger charge is -2.17. The summed E-state index contributed by atoms with van der Waals surface area (Å²) in [6.07, 6.45) is 0.393. The maximum atomic E-state index is 11.9. The molecule has 1 atom stereocenters. The summed E-state index contributed by atoms with van der Waals surface area (Å²) in [5.41, 5.74) is 1.02. The Bertz CT molecular complexity index is 511. The molecule has 0 aliphatic heterocycles. The maximum Gasteiger partial charge on any atom is 0.326 e. The van der Waals surface area contributed by atoms with Crippen molar-refractivity contribution in [3.63, 3.8) is 0 Å². The molecule has 0 aliphatic rings. The number of para-hydroxylation sites is 1. The van der Waals surface area contributed by atoms with E-state index in [9.17, 15) is 9.59 Å². The van der Waals surface area contributed by atoms with Crippen molar-refractivity contribution in [2.45, 2.75) is 46.1 Å². The fourth-order valence-corrected chi connectivity index (χ4v) is 2.16. The number of aliphatic carboxylic acids is 1. The lowest BCUT2D eigenvalue weighted by atomic mass is 10.0. The number of carboxylic acid groups (broad SMARTS) is 1. The first-order valence-electron chi connectivity index (χ1n) is 7.55. The zero-order chi connectivity index (χ0) is 16.7. The van der Waals surface area contributed by atoms with Crippen molar-refractivity contribution in [2.75, 3.05) is 6.61 Å². The summed E-state index contributed by atoms with van der Waals surface area (Å²) < 4.78 is 5.54. The van der Waals surface area contributed by atoms with Crippen molar-refractivity contribution in [2.24, 2.45) is 5.92 Å². The third kappa shape index (κ3) is 5.76. The Balaban J connectivity index is 2.61. The number of carboxylic acids is 1. The minimum atomic E-state index is -1.02. The highest BCUT2D eigenvalue weighted by Gasteiger charge is 2.21. The standard InChI is InChI=1S/C17H25NO4/c1-11(2)9-14(17(20)21)18-16(19)10-22-15-8-6-5-7-13(15)12(3)4/h5-8,11-12,14H,9-10H2,1-4H3,(H,18,19)(H,20,21). The van der Waals surface area contributed by atoms with Gasteiger partial charge in [-0.1, -0.05) is 45.9 Å². The molecular formula is C17H25NO4. The second-order valence-electron chi connectivity index (χ2n) is 6.07. The number of rotatable bonds is 8. The zero-order valence-electron chi connectivity index (χ0n) is 13.6. The summed E-state index contributed by atoms with van der Waals surface area (Å²) >= 11 is 0. The average Bonchev–Trinajstić information content (AvgIpc) is 2.44. The molecule has 1 aromatic carbocycles. The van der Waals surface area contributed by atoms with Gasteiger partial charge in [-0.05, 0) is 29.9 Å². The zero-order valence-corrected chi connectivity index (χ0v) is 13.6. The quantitative estimate of drug-likeness (QED) is 0.774. The van der Waals surface area contributed by atoms with E-state index >= 15 is 0 Å². The minimum Gasteiger partial charge on any atom is -0.483 e. The van der Waals surface area contributed by atoms with Crippen molar-refractivity contribution < 1.29 is 19.4 Å². The molecule has 0 spiro atoms. The van der Waals surface area contributed by atoms with Crippen LogP contribution in [0.5, 0.6) is 5.75 Å². The molecular weight excluding hydrogens is 282 g/mol. The Kier molecular flexibility index (Phi) is 6.89. The van der Waals surface area contributed by atoms with Gasteiger partial charge in [0.25, 0.3) is 5.91 Å². The topological polar surface area (TPSA) is 75.6 Å². The third-order valence-corrected chi connectivity index (χ3v) is 3.24. The number of carbonyl (C=O) groups is 2. The van der Waals surface area contributed by atoms with E-state index in [2.05, 4.69) is 5.32 Å². The van der Waals surface area contributed by atoms with Gasteiger partial charge in [0, 0.05) is 0 Å². The number of hydrogen-bond acceptors (Lipinski definition) is 3. The van der Waals surface area contributed by atoms with Crippen LogP contribution >= 0.6 is 0 Å². The van der Waals surface area contributed by atoms with Gasteiger partial charge >= 0.3 is 5.97 Å². The van der Waals surface area contributed by atoms with Gasteiger partial charge in [-0.3, -0.25) is 4.79 Å². The van der Waals surface area contributed by atoms with Gasteiger partial charge < -0.3 is 15.2 Å². The fourth-order valence-electron chi connectivity index (χ4n) is 2.16. The van der Waals surface area contributed by atoms with E-state index in [1.807, 2.05) is 52.0 Å². The largest absolute Gasteiger partial charge is 0.483 e. The van der Waals surface area contributed by atoms with Gasteiger partial charge in [0.1, 0.15) is 11.8 Å². The molecule has 2 N–H and O–H groups in total. The van der Waals surface area contributed by atoms with Crippen LogP contribution in [-0.2, 0) is 9.59 Å². The van der Waals surface area contributed by atoms with Crippen LogP contribution in [0.3, 0.4) is 0 Å². The second kappa shape index (κ2) is 8.41. The summed E-state index contributed by atoms with van der Waals surface area (Å²) in [6, 6.07) is 6.65. The van der Waals surface area contributed by atoms with Crippen molar-refractivity contribution in [1.82, 2.24) is 5.32 Å². The highest BCUT2D eigenvalue weighted by molar-refractivity contribution is 5.84. The molecule has 22 heavy (non-hydrogen) atoms. The summed E-state index contributed by atoms with van der Waals surface area (Å²) in [5.74, 6) is -0.324. The SMILES string of the molecule is CC(C)CC(NC(=O)COc1ccccc1C(C)C)C(=O)O. The van der Waals surface area contributed by atoms with Crippen LogP contribution in [0.4, 0.5) is 0 Å². The van der Waals surface area contributed by atoms with Crippen LogP contribution in [0.25, 0.3) is 0 Å². The van der Waals surface area contributed by atoms with E-state index in [0.29, 0.717) is 12.2 Å². The first-order chi connectivity index (χ1) is 10.3. The van der Waals surface area contributed by atoms with E-state index in [0.717, 1.165) is 5.56 Å². The first kappa shape index (κ1) is 18.0. The molecule has 5 nitrogen and oxygen atoms in total. The monoisotopic (exact) mass is 307 g/mol. The Morgan fingerprint density at radius 3 is 2.36 bits per heavy atom. The predicted molar refractivity (Wildman–Crippen MR) is 85.0 cm³/mol. The van der Waals surface area contributed by atoms with E-state index in [-0.39, 0.29) is 18.4 Å². The highest BCUT2D eigenvalue weighted by Crippen LogP contribution is 2.25. The number of ether oxygens (including phenoxy) is 1. The number of hydrogen-bond donors (Lipinski definition) is 2. The highest BCUT2D eigenvalue weighted by atomic mass is 16.5.